The fourth-order valence-electron chi connectivity index (χ4n) is 4.01. The molecule has 3 aromatic rings. The van der Waals surface area contributed by atoms with Crippen molar-refractivity contribution in [3.05, 3.63) is 77.6 Å². The van der Waals surface area contributed by atoms with Gasteiger partial charge in [0.1, 0.15) is 11.3 Å². The van der Waals surface area contributed by atoms with Crippen molar-refractivity contribution >= 4 is 28.4 Å². The molecule has 1 fully saturated rings. The number of carboxylic acid groups (broad SMARTS) is 1. The maximum atomic E-state index is 12.1. The number of hydrogen-bond acceptors (Lipinski definition) is 4. The van der Waals surface area contributed by atoms with E-state index in [1.807, 2.05) is 35.8 Å². The molecule has 0 spiro atoms. The molecule has 0 radical (unpaired) electrons. The van der Waals surface area contributed by atoms with Crippen LogP contribution in [0.15, 0.2) is 55.1 Å². The first-order valence-electron chi connectivity index (χ1n) is 9.99. The molecule has 2 heterocycles. The molecule has 154 valence electrons. The summed E-state index contributed by atoms with van der Waals surface area (Å²) >= 11 is 0. The molecule has 0 unspecified atom stereocenters. The maximum absolute atomic E-state index is 12.1. The van der Waals surface area contributed by atoms with Crippen molar-refractivity contribution in [2.75, 3.05) is 31.2 Å². The Kier molecular flexibility index (Phi) is 5.42. The van der Waals surface area contributed by atoms with Crippen molar-refractivity contribution in [1.82, 2.24) is 9.55 Å². The highest BCUT2D eigenvalue weighted by Gasteiger charge is 2.22. The average Bonchev–Trinajstić information content (AvgIpc) is 3.08. The molecule has 1 aliphatic heterocycles. The third kappa shape index (κ3) is 3.50. The lowest BCUT2D eigenvalue weighted by atomic mass is 10.0. The van der Waals surface area contributed by atoms with E-state index in [9.17, 15) is 9.90 Å². The molecular formula is C24H25N3O3. The van der Waals surface area contributed by atoms with Crippen LogP contribution in [0.3, 0.4) is 0 Å². The minimum atomic E-state index is -0.982. The van der Waals surface area contributed by atoms with Crippen LogP contribution >= 0.6 is 0 Å². The van der Waals surface area contributed by atoms with Crippen LogP contribution < -0.4 is 4.90 Å². The van der Waals surface area contributed by atoms with E-state index in [0.717, 1.165) is 46.9 Å². The Balaban J connectivity index is 1.99. The second-order valence-electron chi connectivity index (χ2n) is 7.36. The zero-order valence-electron chi connectivity index (χ0n) is 17.3. The number of rotatable bonds is 5. The zero-order valence-corrected chi connectivity index (χ0v) is 17.3. The van der Waals surface area contributed by atoms with Gasteiger partial charge in [-0.2, -0.15) is 0 Å². The number of aryl methyl sites for hydroxylation is 2. The Morgan fingerprint density at radius 2 is 1.90 bits per heavy atom. The summed E-state index contributed by atoms with van der Waals surface area (Å²) in [6.45, 7) is 10.6. The number of aromatic carboxylic acids is 1. The Labute approximate surface area is 175 Å². The molecule has 0 bridgehead atoms. The molecule has 4 rings (SSSR count). The van der Waals surface area contributed by atoms with E-state index in [0.29, 0.717) is 18.7 Å². The second kappa shape index (κ2) is 8.16. The number of anilines is 1. The van der Waals surface area contributed by atoms with E-state index in [1.165, 1.54) is 0 Å². The van der Waals surface area contributed by atoms with Crippen LogP contribution in [0.4, 0.5) is 5.69 Å². The van der Waals surface area contributed by atoms with Gasteiger partial charge < -0.3 is 14.7 Å². The van der Waals surface area contributed by atoms with Gasteiger partial charge in [0.25, 0.3) is 0 Å². The molecule has 0 atom stereocenters. The first kappa shape index (κ1) is 19.9. The Morgan fingerprint density at radius 3 is 2.57 bits per heavy atom. The van der Waals surface area contributed by atoms with Crippen LogP contribution in [0.5, 0.6) is 0 Å². The van der Waals surface area contributed by atoms with Gasteiger partial charge in [-0.25, -0.2) is 9.78 Å². The first-order chi connectivity index (χ1) is 14.5. The summed E-state index contributed by atoms with van der Waals surface area (Å²) in [5, 5.41) is 9.89. The number of imidazole rings is 1. The number of fused-ring (bicyclic) bond motifs is 1. The summed E-state index contributed by atoms with van der Waals surface area (Å²) in [6, 6.07) is 11.9. The molecule has 1 saturated heterocycles. The molecule has 6 nitrogen and oxygen atoms in total. The third-order valence-corrected chi connectivity index (χ3v) is 5.46. The third-order valence-electron chi connectivity index (χ3n) is 5.46. The zero-order chi connectivity index (χ0) is 21.3. The molecule has 2 aromatic carbocycles. The molecule has 0 amide bonds. The molecule has 1 aromatic heterocycles. The predicted octanol–water partition coefficient (Wildman–Crippen LogP) is 4.26. The van der Waals surface area contributed by atoms with Crippen LogP contribution in [-0.2, 0) is 4.74 Å². The van der Waals surface area contributed by atoms with Gasteiger partial charge in [-0.3, -0.25) is 4.57 Å². The van der Waals surface area contributed by atoms with E-state index < -0.39 is 5.97 Å². The van der Waals surface area contributed by atoms with Gasteiger partial charge in [-0.05, 0) is 37.6 Å². The SMILES string of the molecule is C=C/C=C(\c1ccccc1C)n1c(C)nc2c(C(=O)O)cc(N3CCOCC3)cc21. The van der Waals surface area contributed by atoms with Crippen LogP contribution in [0.2, 0.25) is 0 Å². The Bertz CT molecular complexity index is 1150. The molecule has 1 aliphatic rings. The van der Waals surface area contributed by atoms with Gasteiger partial charge >= 0.3 is 5.97 Å². The number of aromatic nitrogens is 2. The van der Waals surface area contributed by atoms with Gasteiger partial charge in [-0.15, -0.1) is 0 Å². The molecule has 0 aliphatic carbocycles. The first-order valence-corrected chi connectivity index (χ1v) is 9.99. The van der Waals surface area contributed by atoms with Crippen molar-refractivity contribution in [1.29, 1.82) is 0 Å². The molecular weight excluding hydrogens is 378 g/mol. The topological polar surface area (TPSA) is 67.6 Å². The van der Waals surface area contributed by atoms with E-state index in [2.05, 4.69) is 35.5 Å². The summed E-state index contributed by atoms with van der Waals surface area (Å²) in [5.74, 6) is -0.257. The average molecular weight is 403 g/mol. The molecule has 6 heteroatoms. The monoisotopic (exact) mass is 403 g/mol. The van der Waals surface area contributed by atoms with Crippen LogP contribution in [0.1, 0.15) is 27.3 Å². The van der Waals surface area contributed by atoms with E-state index in [4.69, 9.17) is 4.74 Å². The highest BCUT2D eigenvalue weighted by atomic mass is 16.5. The van der Waals surface area contributed by atoms with Crippen LogP contribution in [0, 0.1) is 13.8 Å². The largest absolute Gasteiger partial charge is 0.478 e. The van der Waals surface area contributed by atoms with Crippen molar-refractivity contribution in [2.24, 2.45) is 0 Å². The van der Waals surface area contributed by atoms with Gasteiger partial charge in [0.15, 0.2) is 0 Å². The number of morpholine rings is 1. The van der Waals surface area contributed by atoms with Crippen molar-refractivity contribution in [3.63, 3.8) is 0 Å². The minimum absolute atomic E-state index is 0.207. The van der Waals surface area contributed by atoms with E-state index in [-0.39, 0.29) is 5.56 Å². The summed E-state index contributed by atoms with van der Waals surface area (Å²) in [4.78, 5) is 18.9. The van der Waals surface area contributed by atoms with Gasteiger partial charge in [0, 0.05) is 24.3 Å². The lowest BCUT2D eigenvalue weighted by Gasteiger charge is -2.29. The number of nitrogens with zero attached hydrogens (tertiary/aromatic N) is 3. The number of carboxylic acids is 1. The van der Waals surface area contributed by atoms with Crippen molar-refractivity contribution in [2.45, 2.75) is 13.8 Å². The fourth-order valence-corrected chi connectivity index (χ4v) is 4.01. The minimum Gasteiger partial charge on any atom is -0.478 e. The highest BCUT2D eigenvalue weighted by molar-refractivity contribution is 6.04. The van der Waals surface area contributed by atoms with Crippen molar-refractivity contribution < 1.29 is 14.6 Å². The lowest BCUT2D eigenvalue weighted by molar-refractivity contribution is 0.0699. The summed E-state index contributed by atoms with van der Waals surface area (Å²) in [5.41, 5.74) is 5.41. The van der Waals surface area contributed by atoms with Gasteiger partial charge in [-0.1, -0.05) is 36.9 Å². The highest BCUT2D eigenvalue weighted by Crippen LogP contribution is 2.32. The smallest absolute Gasteiger partial charge is 0.338 e. The predicted molar refractivity (Wildman–Crippen MR) is 119 cm³/mol. The normalized spacial score (nSPS) is 14.9. The molecule has 0 saturated carbocycles. The number of carbonyl (C=O) groups is 1. The van der Waals surface area contributed by atoms with E-state index in [1.54, 1.807) is 12.1 Å². The number of hydrogen-bond donors (Lipinski definition) is 1. The van der Waals surface area contributed by atoms with Crippen LogP contribution in [0.25, 0.3) is 16.7 Å². The van der Waals surface area contributed by atoms with Gasteiger partial charge in [0.05, 0.1) is 30.0 Å². The Hall–Kier alpha value is -3.38. The number of benzene rings is 2. The quantitative estimate of drug-likeness (QED) is 0.645. The van der Waals surface area contributed by atoms with E-state index >= 15 is 0 Å². The van der Waals surface area contributed by atoms with Gasteiger partial charge in [0.2, 0.25) is 0 Å². The standard InChI is InChI=1S/C24H25N3O3/c1-4-7-21(19-9-6-5-8-16(19)2)27-17(3)25-23-20(24(28)29)14-18(15-22(23)27)26-10-12-30-13-11-26/h4-9,14-15H,1,10-13H2,2-3H3,(H,28,29)/b21-7+. The fraction of sp³-hybridized carbons (Fsp3) is 0.250. The summed E-state index contributed by atoms with van der Waals surface area (Å²) < 4.78 is 7.48. The molecule has 30 heavy (non-hydrogen) atoms. The summed E-state index contributed by atoms with van der Waals surface area (Å²) in [7, 11) is 0. The van der Waals surface area contributed by atoms with Crippen LogP contribution in [-0.4, -0.2) is 46.9 Å². The summed E-state index contributed by atoms with van der Waals surface area (Å²) in [6.07, 6.45) is 3.69. The second-order valence-corrected chi connectivity index (χ2v) is 7.36. The molecule has 1 N–H and O–H groups in total. The number of ether oxygens (including phenoxy) is 1. The van der Waals surface area contributed by atoms with Crippen molar-refractivity contribution in [3.8, 4) is 0 Å². The Morgan fingerprint density at radius 1 is 1.17 bits per heavy atom. The maximum Gasteiger partial charge on any atom is 0.338 e. The lowest BCUT2D eigenvalue weighted by Crippen LogP contribution is -2.36. The number of allylic oxidation sites excluding steroid dienone is 2.